The van der Waals surface area contributed by atoms with E-state index in [9.17, 15) is 14.9 Å². The summed E-state index contributed by atoms with van der Waals surface area (Å²) < 4.78 is 6.26. The maximum Gasteiger partial charge on any atom is 0.273 e. The normalized spacial score (nSPS) is 10.7. The van der Waals surface area contributed by atoms with Gasteiger partial charge in [-0.1, -0.05) is 18.2 Å². The van der Waals surface area contributed by atoms with Gasteiger partial charge in [-0.3, -0.25) is 14.9 Å². The molecule has 0 unspecified atom stereocenters. The number of carbonyl (C=O) groups is 1. The van der Waals surface area contributed by atoms with Crippen molar-refractivity contribution in [2.24, 2.45) is 0 Å². The van der Waals surface area contributed by atoms with Crippen molar-refractivity contribution in [2.75, 3.05) is 12.4 Å². The van der Waals surface area contributed by atoms with E-state index in [4.69, 9.17) is 4.74 Å². The Morgan fingerprint density at radius 2 is 1.97 bits per heavy atom. The molecule has 0 fully saturated rings. The molecule has 150 valence electrons. The van der Waals surface area contributed by atoms with Crippen LogP contribution in [0.3, 0.4) is 0 Å². The van der Waals surface area contributed by atoms with Crippen LogP contribution in [0.15, 0.2) is 60.7 Å². The SMILES string of the molecule is COc1cccc(-c2nc3cc(NC(=O)c4ccc(C)c([N+](=O)[O-])c4)ccc3s2)c1. The largest absolute Gasteiger partial charge is 0.497 e. The fourth-order valence-corrected chi connectivity index (χ4v) is 3.98. The number of thiazole rings is 1. The number of methoxy groups -OCH3 is 1. The summed E-state index contributed by atoms with van der Waals surface area (Å²) in [5, 5.41) is 14.8. The van der Waals surface area contributed by atoms with Crippen LogP contribution in [0.25, 0.3) is 20.8 Å². The number of nitrogens with zero attached hydrogens (tertiary/aromatic N) is 2. The number of carbonyl (C=O) groups excluding carboxylic acids is 1. The smallest absolute Gasteiger partial charge is 0.273 e. The molecule has 0 atom stereocenters. The Balaban J connectivity index is 1.60. The first-order chi connectivity index (χ1) is 14.4. The highest BCUT2D eigenvalue weighted by atomic mass is 32.1. The number of anilines is 1. The van der Waals surface area contributed by atoms with Gasteiger partial charge in [0.2, 0.25) is 0 Å². The van der Waals surface area contributed by atoms with Gasteiger partial charge in [-0.25, -0.2) is 4.98 Å². The summed E-state index contributed by atoms with van der Waals surface area (Å²) in [4.78, 5) is 27.9. The van der Waals surface area contributed by atoms with Gasteiger partial charge in [-0.05, 0) is 43.3 Å². The molecule has 0 spiro atoms. The molecule has 0 saturated carbocycles. The van der Waals surface area contributed by atoms with Gasteiger partial charge in [-0.2, -0.15) is 0 Å². The van der Waals surface area contributed by atoms with Crippen LogP contribution < -0.4 is 10.1 Å². The van der Waals surface area contributed by atoms with Crippen LogP contribution in [-0.4, -0.2) is 22.9 Å². The number of hydrogen-bond acceptors (Lipinski definition) is 6. The van der Waals surface area contributed by atoms with Crippen molar-refractivity contribution in [2.45, 2.75) is 6.92 Å². The molecule has 0 aliphatic heterocycles. The third-order valence-electron chi connectivity index (χ3n) is 4.63. The van der Waals surface area contributed by atoms with Gasteiger partial charge in [0.1, 0.15) is 10.8 Å². The van der Waals surface area contributed by atoms with Crippen molar-refractivity contribution in [3.05, 3.63) is 81.9 Å². The average Bonchev–Trinajstić information content (AvgIpc) is 3.17. The quantitative estimate of drug-likeness (QED) is 0.343. The molecule has 4 aromatic rings. The summed E-state index contributed by atoms with van der Waals surface area (Å²) in [6, 6.07) is 17.6. The van der Waals surface area contributed by atoms with Crippen LogP contribution in [0.1, 0.15) is 15.9 Å². The van der Waals surface area contributed by atoms with E-state index < -0.39 is 10.8 Å². The van der Waals surface area contributed by atoms with E-state index >= 15 is 0 Å². The Kier molecular flexibility index (Phi) is 5.16. The number of hydrogen-bond donors (Lipinski definition) is 1. The fourth-order valence-electron chi connectivity index (χ4n) is 3.04. The van der Waals surface area contributed by atoms with E-state index in [-0.39, 0.29) is 11.3 Å². The number of nitrogens with one attached hydrogen (secondary N) is 1. The van der Waals surface area contributed by atoms with Crippen LogP contribution in [0.5, 0.6) is 5.75 Å². The van der Waals surface area contributed by atoms with Crippen molar-refractivity contribution in [1.29, 1.82) is 0 Å². The molecular weight excluding hydrogens is 402 g/mol. The lowest BCUT2D eigenvalue weighted by molar-refractivity contribution is -0.385. The second-order valence-electron chi connectivity index (χ2n) is 6.65. The number of nitro groups is 1. The van der Waals surface area contributed by atoms with Crippen LogP contribution in [0.4, 0.5) is 11.4 Å². The number of benzene rings is 3. The minimum Gasteiger partial charge on any atom is -0.497 e. The first-order valence-corrected chi connectivity index (χ1v) is 9.87. The van der Waals surface area contributed by atoms with Gasteiger partial charge in [0, 0.05) is 28.4 Å². The molecule has 8 heteroatoms. The van der Waals surface area contributed by atoms with E-state index in [0.717, 1.165) is 26.5 Å². The molecule has 0 bridgehead atoms. The summed E-state index contributed by atoms with van der Waals surface area (Å²) in [6.45, 7) is 1.63. The fraction of sp³-hybridized carbons (Fsp3) is 0.0909. The standard InChI is InChI=1S/C22H17N3O4S/c1-13-6-7-14(11-19(13)25(27)28)21(26)23-16-8-9-20-18(12-16)24-22(30-20)15-4-3-5-17(10-15)29-2/h3-12H,1-2H3,(H,23,26). The number of aromatic nitrogens is 1. The number of ether oxygens (including phenoxy) is 1. The predicted molar refractivity (Wildman–Crippen MR) is 117 cm³/mol. The van der Waals surface area contributed by atoms with Gasteiger partial charge >= 0.3 is 0 Å². The molecule has 30 heavy (non-hydrogen) atoms. The third kappa shape index (κ3) is 3.85. The minimum absolute atomic E-state index is 0.0828. The zero-order valence-corrected chi connectivity index (χ0v) is 17.0. The first kappa shape index (κ1) is 19.5. The maximum atomic E-state index is 12.6. The lowest BCUT2D eigenvalue weighted by Crippen LogP contribution is -2.12. The summed E-state index contributed by atoms with van der Waals surface area (Å²) in [6.07, 6.45) is 0. The molecule has 4 rings (SSSR count). The van der Waals surface area contributed by atoms with Gasteiger partial charge in [-0.15, -0.1) is 11.3 Å². The Labute approximate surface area is 176 Å². The molecule has 1 amide bonds. The monoisotopic (exact) mass is 419 g/mol. The molecule has 3 aromatic carbocycles. The van der Waals surface area contributed by atoms with Crippen molar-refractivity contribution in [3.63, 3.8) is 0 Å². The Hall–Kier alpha value is -3.78. The highest BCUT2D eigenvalue weighted by Gasteiger charge is 2.16. The molecule has 0 aliphatic rings. The number of aryl methyl sites for hydroxylation is 1. The minimum atomic E-state index is -0.493. The molecule has 1 aromatic heterocycles. The van der Waals surface area contributed by atoms with Gasteiger partial charge in [0.25, 0.3) is 11.6 Å². The van der Waals surface area contributed by atoms with Crippen LogP contribution in [0, 0.1) is 17.0 Å². The van der Waals surface area contributed by atoms with Crippen LogP contribution >= 0.6 is 11.3 Å². The molecule has 0 radical (unpaired) electrons. The second-order valence-corrected chi connectivity index (χ2v) is 7.68. The highest BCUT2D eigenvalue weighted by molar-refractivity contribution is 7.21. The zero-order valence-electron chi connectivity index (χ0n) is 16.2. The number of rotatable bonds is 5. The molecule has 0 saturated heterocycles. The zero-order chi connectivity index (χ0) is 21.3. The van der Waals surface area contributed by atoms with E-state index in [0.29, 0.717) is 11.3 Å². The molecule has 0 aliphatic carbocycles. The average molecular weight is 419 g/mol. The summed E-state index contributed by atoms with van der Waals surface area (Å²) in [7, 11) is 1.62. The van der Waals surface area contributed by atoms with Crippen molar-refractivity contribution < 1.29 is 14.5 Å². The topological polar surface area (TPSA) is 94.4 Å². The lowest BCUT2D eigenvalue weighted by atomic mass is 10.1. The lowest BCUT2D eigenvalue weighted by Gasteiger charge is -2.06. The predicted octanol–water partition coefficient (Wildman–Crippen LogP) is 5.44. The summed E-state index contributed by atoms with van der Waals surface area (Å²) >= 11 is 1.55. The van der Waals surface area contributed by atoms with Crippen molar-refractivity contribution in [3.8, 4) is 16.3 Å². The van der Waals surface area contributed by atoms with Crippen LogP contribution in [0.2, 0.25) is 0 Å². The number of amides is 1. The van der Waals surface area contributed by atoms with Gasteiger partial charge in [0.05, 0.1) is 22.2 Å². The molecule has 1 heterocycles. The summed E-state index contributed by atoms with van der Waals surface area (Å²) in [5.41, 5.74) is 2.92. The number of nitro benzene ring substituents is 1. The maximum absolute atomic E-state index is 12.6. The van der Waals surface area contributed by atoms with E-state index in [2.05, 4.69) is 10.3 Å². The molecular formula is C22H17N3O4S. The number of fused-ring (bicyclic) bond motifs is 1. The molecule has 7 nitrogen and oxygen atoms in total. The van der Waals surface area contributed by atoms with Crippen molar-refractivity contribution in [1.82, 2.24) is 4.98 Å². The Morgan fingerprint density at radius 1 is 1.13 bits per heavy atom. The van der Waals surface area contributed by atoms with Crippen LogP contribution in [-0.2, 0) is 0 Å². The molecule has 1 N–H and O–H groups in total. The van der Waals surface area contributed by atoms with E-state index in [1.807, 2.05) is 30.3 Å². The Bertz CT molecular complexity index is 1280. The van der Waals surface area contributed by atoms with E-state index in [1.165, 1.54) is 6.07 Å². The van der Waals surface area contributed by atoms with Gasteiger partial charge < -0.3 is 10.1 Å². The summed E-state index contributed by atoms with van der Waals surface area (Å²) in [5.74, 6) is 0.340. The van der Waals surface area contributed by atoms with Gasteiger partial charge in [0.15, 0.2) is 0 Å². The van der Waals surface area contributed by atoms with Crippen molar-refractivity contribution >= 4 is 38.8 Å². The highest BCUT2D eigenvalue weighted by Crippen LogP contribution is 2.33. The first-order valence-electron chi connectivity index (χ1n) is 9.06. The second kappa shape index (κ2) is 7.92. The Morgan fingerprint density at radius 3 is 2.73 bits per heavy atom. The third-order valence-corrected chi connectivity index (χ3v) is 5.72. The van der Waals surface area contributed by atoms with E-state index in [1.54, 1.807) is 49.6 Å².